The topological polar surface area (TPSA) is 66.5 Å². The number of hydrogen-bond acceptors (Lipinski definition) is 3. The minimum Gasteiger partial charge on any atom is -0.341 e. The standard InChI is InChI=1S/C27H28Cl2N2O3S/c28-23-11-12-24(29)26(19-23)35(33,34)30-25(18-21-9-5-2-6-10-21)27(32)31-15-13-22(14-16-31)17-20-7-3-1-4-8-20/h1-12,19,22,25,30H,13-18H2/t25-/m0/s1. The van der Waals surface area contributed by atoms with Crippen molar-refractivity contribution in [2.75, 3.05) is 13.1 Å². The van der Waals surface area contributed by atoms with E-state index in [1.807, 2.05) is 48.5 Å². The first-order chi connectivity index (χ1) is 16.8. The maximum Gasteiger partial charge on any atom is 0.242 e. The summed E-state index contributed by atoms with van der Waals surface area (Å²) in [7, 11) is -4.08. The van der Waals surface area contributed by atoms with E-state index >= 15 is 0 Å². The minimum atomic E-state index is -4.08. The van der Waals surface area contributed by atoms with Gasteiger partial charge in [0, 0.05) is 18.1 Å². The number of amides is 1. The third-order valence-electron chi connectivity index (χ3n) is 6.35. The molecule has 0 radical (unpaired) electrons. The molecule has 1 heterocycles. The number of hydrogen-bond donors (Lipinski definition) is 1. The molecule has 1 fully saturated rings. The lowest BCUT2D eigenvalue weighted by molar-refractivity contribution is -0.134. The van der Waals surface area contributed by atoms with Crippen molar-refractivity contribution in [1.82, 2.24) is 9.62 Å². The van der Waals surface area contributed by atoms with Crippen molar-refractivity contribution in [3.63, 3.8) is 0 Å². The van der Waals surface area contributed by atoms with Gasteiger partial charge in [-0.05, 0) is 60.9 Å². The van der Waals surface area contributed by atoms with Gasteiger partial charge in [-0.1, -0.05) is 83.9 Å². The average molecular weight is 532 g/mol. The van der Waals surface area contributed by atoms with E-state index in [2.05, 4.69) is 16.9 Å². The molecule has 0 aliphatic carbocycles. The first kappa shape index (κ1) is 25.7. The molecule has 1 amide bonds. The molecule has 0 unspecified atom stereocenters. The summed E-state index contributed by atoms with van der Waals surface area (Å²) in [6, 6.07) is 23.0. The number of carbonyl (C=O) groups excluding carboxylic acids is 1. The Kier molecular flexibility index (Phi) is 8.50. The van der Waals surface area contributed by atoms with Crippen LogP contribution in [0.4, 0.5) is 0 Å². The molecule has 0 aromatic heterocycles. The number of piperidine rings is 1. The van der Waals surface area contributed by atoms with Crippen molar-refractivity contribution in [1.29, 1.82) is 0 Å². The van der Waals surface area contributed by atoms with Crippen molar-refractivity contribution < 1.29 is 13.2 Å². The SMILES string of the molecule is O=C([C@H](Cc1ccccc1)NS(=O)(=O)c1cc(Cl)ccc1Cl)N1CCC(Cc2ccccc2)CC1. The Morgan fingerprint density at radius 1 is 0.914 bits per heavy atom. The number of rotatable bonds is 8. The number of benzene rings is 3. The molecular weight excluding hydrogens is 503 g/mol. The summed E-state index contributed by atoms with van der Waals surface area (Å²) in [4.78, 5) is 15.2. The van der Waals surface area contributed by atoms with Crippen LogP contribution in [0.5, 0.6) is 0 Å². The van der Waals surface area contributed by atoms with Gasteiger partial charge in [0.05, 0.1) is 5.02 Å². The van der Waals surface area contributed by atoms with Gasteiger partial charge in [-0.3, -0.25) is 4.79 Å². The van der Waals surface area contributed by atoms with E-state index < -0.39 is 16.1 Å². The zero-order valence-corrected chi connectivity index (χ0v) is 21.6. The summed E-state index contributed by atoms with van der Waals surface area (Å²) >= 11 is 12.2. The summed E-state index contributed by atoms with van der Waals surface area (Å²) < 4.78 is 29.1. The zero-order chi connectivity index (χ0) is 24.8. The van der Waals surface area contributed by atoms with Crippen LogP contribution < -0.4 is 4.72 Å². The van der Waals surface area contributed by atoms with Gasteiger partial charge in [0.2, 0.25) is 15.9 Å². The summed E-state index contributed by atoms with van der Waals surface area (Å²) in [5.74, 6) is 0.268. The van der Waals surface area contributed by atoms with Gasteiger partial charge < -0.3 is 4.90 Å². The lowest BCUT2D eigenvalue weighted by Gasteiger charge is -2.34. The zero-order valence-electron chi connectivity index (χ0n) is 19.2. The number of nitrogens with one attached hydrogen (secondary N) is 1. The summed E-state index contributed by atoms with van der Waals surface area (Å²) in [5, 5.41) is 0.302. The third-order valence-corrected chi connectivity index (χ3v) is 8.54. The highest BCUT2D eigenvalue weighted by Crippen LogP contribution is 2.26. The van der Waals surface area contributed by atoms with Gasteiger partial charge in [-0.2, -0.15) is 4.72 Å². The quantitative estimate of drug-likeness (QED) is 0.426. The molecule has 0 bridgehead atoms. The number of nitrogens with zero attached hydrogens (tertiary/aromatic N) is 1. The van der Waals surface area contributed by atoms with E-state index in [4.69, 9.17) is 23.2 Å². The van der Waals surface area contributed by atoms with Crippen LogP contribution in [0.25, 0.3) is 0 Å². The van der Waals surface area contributed by atoms with E-state index in [9.17, 15) is 13.2 Å². The summed E-state index contributed by atoms with van der Waals surface area (Å²) in [5.41, 5.74) is 2.16. The highest BCUT2D eigenvalue weighted by Gasteiger charge is 2.32. The van der Waals surface area contributed by atoms with Gasteiger partial charge in [0.15, 0.2) is 0 Å². The highest BCUT2D eigenvalue weighted by molar-refractivity contribution is 7.89. The predicted octanol–water partition coefficient (Wildman–Crippen LogP) is 5.36. The van der Waals surface area contributed by atoms with Crippen molar-refractivity contribution in [2.45, 2.75) is 36.6 Å². The second kappa shape index (κ2) is 11.6. The van der Waals surface area contributed by atoms with Crippen molar-refractivity contribution >= 4 is 39.1 Å². The second-order valence-electron chi connectivity index (χ2n) is 8.90. The summed E-state index contributed by atoms with van der Waals surface area (Å²) in [6.07, 6.45) is 2.98. The van der Waals surface area contributed by atoms with Gasteiger partial charge in [0.25, 0.3) is 0 Å². The molecule has 1 saturated heterocycles. The second-order valence-corrected chi connectivity index (χ2v) is 11.4. The number of likely N-dealkylation sites (tertiary alicyclic amines) is 1. The normalized spacial score (nSPS) is 15.7. The Labute approximate surface area is 217 Å². The molecule has 3 aromatic rings. The van der Waals surface area contributed by atoms with Crippen LogP contribution >= 0.6 is 23.2 Å². The molecule has 1 aliphatic rings. The van der Waals surface area contributed by atoms with Crippen molar-refractivity contribution in [2.24, 2.45) is 5.92 Å². The average Bonchev–Trinajstić information content (AvgIpc) is 2.86. The van der Waals surface area contributed by atoms with E-state index in [1.54, 1.807) is 4.90 Å². The first-order valence-electron chi connectivity index (χ1n) is 11.7. The molecule has 0 saturated carbocycles. The van der Waals surface area contributed by atoms with Gasteiger partial charge in [-0.25, -0.2) is 8.42 Å². The highest BCUT2D eigenvalue weighted by atomic mass is 35.5. The third kappa shape index (κ3) is 6.85. The molecule has 3 aromatic carbocycles. The Balaban J connectivity index is 1.49. The van der Waals surface area contributed by atoms with Crippen LogP contribution in [0.2, 0.25) is 10.0 Å². The predicted molar refractivity (Wildman–Crippen MR) is 140 cm³/mol. The van der Waals surface area contributed by atoms with Crippen LogP contribution in [-0.4, -0.2) is 38.4 Å². The molecular formula is C27H28Cl2N2O3S. The van der Waals surface area contributed by atoms with E-state index in [0.29, 0.717) is 19.0 Å². The Morgan fingerprint density at radius 2 is 1.51 bits per heavy atom. The molecule has 35 heavy (non-hydrogen) atoms. The molecule has 5 nitrogen and oxygen atoms in total. The molecule has 4 rings (SSSR count). The maximum atomic E-state index is 13.6. The van der Waals surface area contributed by atoms with E-state index in [-0.39, 0.29) is 27.3 Å². The largest absolute Gasteiger partial charge is 0.341 e. The number of sulfonamides is 1. The van der Waals surface area contributed by atoms with Gasteiger partial charge in [-0.15, -0.1) is 0 Å². The molecule has 8 heteroatoms. The van der Waals surface area contributed by atoms with Gasteiger partial charge in [0.1, 0.15) is 10.9 Å². The van der Waals surface area contributed by atoms with Crippen molar-refractivity contribution in [3.8, 4) is 0 Å². The van der Waals surface area contributed by atoms with Crippen LogP contribution in [-0.2, 0) is 27.7 Å². The summed E-state index contributed by atoms with van der Waals surface area (Å²) in [6.45, 7) is 1.20. The maximum absolute atomic E-state index is 13.6. The molecule has 0 spiro atoms. The van der Waals surface area contributed by atoms with Crippen LogP contribution in [0.3, 0.4) is 0 Å². The fourth-order valence-corrected chi connectivity index (χ4v) is 6.44. The number of carbonyl (C=O) groups is 1. The molecule has 1 atom stereocenters. The molecule has 184 valence electrons. The Hall–Kier alpha value is -2.38. The van der Waals surface area contributed by atoms with Crippen LogP contribution in [0.15, 0.2) is 83.8 Å². The minimum absolute atomic E-state index is 0.0505. The Bertz CT molecular complexity index is 1250. The molecule has 1 aliphatic heterocycles. The van der Waals surface area contributed by atoms with Crippen LogP contribution in [0, 0.1) is 5.92 Å². The fraction of sp³-hybridized carbons (Fsp3) is 0.296. The fourth-order valence-electron chi connectivity index (χ4n) is 4.49. The smallest absolute Gasteiger partial charge is 0.242 e. The lowest BCUT2D eigenvalue weighted by Crippen LogP contribution is -2.51. The Morgan fingerprint density at radius 3 is 2.14 bits per heavy atom. The van der Waals surface area contributed by atoms with E-state index in [1.165, 1.54) is 23.8 Å². The lowest BCUT2D eigenvalue weighted by atomic mass is 9.90. The molecule has 1 N–H and O–H groups in total. The van der Waals surface area contributed by atoms with Gasteiger partial charge >= 0.3 is 0 Å². The van der Waals surface area contributed by atoms with E-state index in [0.717, 1.165) is 24.8 Å². The first-order valence-corrected chi connectivity index (χ1v) is 13.9. The van der Waals surface area contributed by atoms with Crippen LogP contribution in [0.1, 0.15) is 24.0 Å². The monoisotopic (exact) mass is 530 g/mol. The number of halogens is 2. The van der Waals surface area contributed by atoms with Crippen molar-refractivity contribution in [3.05, 3.63) is 100 Å².